The van der Waals surface area contributed by atoms with Gasteiger partial charge in [-0.1, -0.05) is 6.07 Å². The minimum Gasteiger partial charge on any atom is -0.454 e. The lowest BCUT2D eigenvalue weighted by Crippen LogP contribution is -2.20. The number of hydrogen-bond donors (Lipinski definition) is 0. The molecule has 0 bridgehead atoms. The third-order valence-corrected chi connectivity index (χ3v) is 4.06. The van der Waals surface area contributed by atoms with E-state index in [1.807, 2.05) is 29.6 Å². The fourth-order valence-electron chi connectivity index (χ4n) is 2.24. The quantitative estimate of drug-likeness (QED) is 0.725. The Morgan fingerprint density at radius 2 is 2.15 bits per heavy atom. The second-order valence-corrected chi connectivity index (χ2v) is 5.40. The zero-order valence-corrected chi connectivity index (χ0v) is 11.2. The maximum atomic E-state index is 12.3. The van der Waals surface area contributed by atoms with E-state index in [1.54, 1.807) is 10.9 Å². The predicted octanol–water partition coefficient (Wildman–Crippen LogP) is 2.24. The molecule has 6 heteroatoms. The summed E-state index contributed by atoms with van der Waals surface area (Å²) >= 11 is 1.47. The van der Waals surface area contributed by atoms with Crippen molar-refractivity contribution in [2.45, 2.75) is 6.54 Å². The van der Waals surface area contributed by atoms with Crippen molar-refractivity contribution in [3.8, 4) is 11.5 Å². The summed E-state index contributed by atoms with van der Waals surface area (Å²) in [5, 5.41) is 2.54. The molecule has 1 aliphatic heterocycles. The van der Waals surface area contributed by atoms with Gasteiger partial charge in [0.15, 0.2) is 11.5 Å². The lowest BCUT2D eigenvalue weighted by atomic mass is 10.2. The fraction of sp³-hybridized carbons (Fsp3) is 0.143. The van der Waals surface area contributed by atoms with Gasteiger partial charge in [0.25, 0.3) is 5.56 Å². The summed E-state index contributed by atoms with van der Waals surface area (Å²) in [6.45, 7) is 0.718. The van der Waals surface area contributed by atoms with E-state index in [0.717, 1.165) is 21.9 Å². The molecule has 5 nitrogen and oxygen atoms in total. The number of nitrogens with zero attached hydrogens (tertiary/aromatic N) is 2. The van der Waals surface area contributed by atoms with Crippen LogP contribution in [0.2, 0.25) is 0 Å². The van der Waals surface area contributed by atoms with Gasteiger partial charge < -0.3 is 9.47 Å². The molecule has 0 fully saturated rings. The van der Waals surface area contributed by atoms with E-state index < -0.39 is 0 Å². The molecule has 2 aromatic heterocycles. The molecule has 0 aliphatic carbocycles. The Balaban J connectivity index is 1.74. The summed E-state index contributed by atoms with van der Waals surface area (Å²) in [6, 6.07) is 7.50. The number of aromatic nitrogens is 2. The molecule has 0 amide bonds. The van der Waals surface area contributed by atoms with Gasteiger partial charge in [0.2, 0.25) is 6.79 Å². The molecule has 4 rings (SSSR count). The van der Waals surface area contributed by atoms with Crippen LogP contribution in [0.1, 0.15) is 5.56 Å². The van der Waals surface area contributed by atoms with Crippen molar-refractivity contribution in [1.29, 1.82) is 0 Å². The first-order valence-corrected chi connectivity index (χ1v) is 7.00. The van der Waals surface area contributed by atoms with Crippen LogP contribution in [0, 0.1) is 0 Å². The van der Waals surface area contributed by atoms with Gasteiger partial charge in [0.05, 0.1) is 18.3 Å². The summed E-state index contributed by atoms with van der Waals surface area (Å²) in [4.78, 5) is 17.4. The van der Waals surface area contributed by atoms with E-state index in [-0.39, 0.29) is 12.4 Å². The largest absolute Gasteiger partial charge is 0.454 e. The summed E-state index contributed by atoms with van der Waals surface area (Å²) < 4.78 is 12.2. The van der Waals surface area contributed by atoms with Crippen LogP contribution in [0.4, 0.5) is 0 Å². The normalized spacial score (nSPS) is 13.0. The highest BCUT2D eigenvalue weighted by atomic mass is 32.1. The Kier molecular flexibility index (Phi) is 2.50. The first-order valence-electron chi connectivity index (χ1n) is 6.12. The number of ether oxygens (including phenoxy) is 2. The third kappa shape index (κ3) is 1.77. The van der Waals surface area contributed by atoms with Crippen molar-refractivity contribution >= 4 is 21.6 Å². The average molecular weight is 286 g/mol. The van der Waals surface area contributed by atoms with Gasteiger partial charge in [-0.2, -0.15) is 0 Å². The Hall–Kier alpha value is -2.34. The molecular formula is C14H10N2O3S. The van der Waals surface area contributed by atoms with Crippen LogP contribution in [0.15, 0.2) is 40.8 Å². The first kappa shape index (κ1) is 11.5. The van der Waals surface area contributed by atoms with Crippen molar-refractivity contribution in [3.05, 3.63) is 51.9 Å². The third-order valence-electron chi connectivity index (χ3n) is 3.24. The van der Waals surface area contributed by atoms with Crippen LogP contribution in [0.25, 0.3) is 10.2 Å². The topological polar surface area (TPSA) is 53.4 Å². The van der Waals surface area contributed by atoms with Crippen LogP contribution >= 0.6 is 11.3 Å². The maximum absolute atomic E-state index is 12.3. The standard InChI is InChI=1S/C14H10N2O3S/c17-14-10-3-4-20-13(10)15-7-16(14)6-9-1-2-11-12(5-9)19-8-18-11/h1-5,7H,6,8H2. The number of benzene rings is 1. The Morgan fingerprint density at radius 3 is 3.10 bits per heavy atom. The maximum Gasteiger partial charge on any atom is 0.262 e. The fourth-order valence-corrected chi connectivity index (χ4v) is 2.97. The molecule has 0 spiro atoms. The van der Waals surface area contributed by atoms with Crippen LogP contribution in [-0.2, 0) is 6.54 Å². The lowest BCUT2D eigenvalue weighted by molar-refractivity contribution is 0.174. The summed E-state index contributed by atoms with van der Waals surface area (Å²) in [7, 11) is 0. The molecule has 100 valence electrons. The van der Waals surface area contributed by atoms with Crippen molar-refractivity contribution in [1.82, 2.24) is 9.55 Å². The van der Waals surface area contributed by atoms with Gasteiger partial charge in [-0.3, -0.25) is 9.36 Å². The van der Waals surface area contributed by atoms with Crippen molar-refractivity contribution < 1.29 is 9.47 Å². The highest BCUT2D eigenvalue weighted by Crippen LogP contribution is 2.32. The Bertz CT molecular complexity index is 853. The van der Waals surface area contributed by atoms with Gasteiger partial charge in [-0.25, -0.2) is 4.98 Å². The average Bonchev–Trinajstić information content (AvgIpc) is 3.10. The number of fused-ring (bicyclic) bond motifs is 2. The van der Waals surface area contributed by atoms with E-state index in [4.69, 9.17) is 9.47 Å². The molecule has 0 unspecified atom stereocenters. The van der Waals surface area contributed by atoms with Gasteiger partial charge in [0, 0.05) is 0 Å². The van der Waals surface area contributed by atoms with Gasteiger partial charge in [0.1, 0.15) is 4.83 Å². The Labute approximate surface area is 118 Å². The molecule has 0 saturated carbocycles. The molecule has 3 heterocycles. The van der Waals surface area contributed by atoms with Gasteiger partial charge >= 0.3 is 0 Å². The molecule has 1 aromatic carbocycles. The minimum absolute atomic E-state index is 0.0195. The van der Waals surface area contributed by atoms with Crippen LogP contribution < -0.4 is 15.0 Å². The molecule has 1 aliphatic rings. The number of rotatable bonds is 2. The number of thiophene rings is 1. The van der Waals surface area contributed by atoms with Crippen LogP contribution in [0.5, 0.6) is 11.5 Å². The summed E-state index contributed by atoms with van der Waals surface area (Å²) in [6.07, 6.45) is 1.59. The monoisotopic (exact) mass is 286 g/mol. The highest BCUT2D eigenvalue weighted by molar-refractivity contribution is 7.16. The molecule has 20 heavy (non-hydrogen) atoms. The highest BCUT2D eigenvalue weighted by Gasteiger charge is 2.13. The zero-order valence-electron chi connectivity index (χ0n) is 10.4. The van der Waals surface area contributed by atoms with Crippen LogP contribution in [-0.4, -0.2) is 16.3 Å². The van der Waals surface area contributed by atoms with Crippen molar-refractivity contribution in [2.75, 3.05) is 6.79 Å². The predicted molar refractivity (Wildman–Crippen MR) is 75.5 cm³/mol. The molecule has 0 radical (unpaired) electrons. The smallest absolute Gasteiger partial charge is 0.262 e. The molecule has 0 atom stereocenters. The second kappa shape index (κ2) is 4.35. The van der Waals surface area contributed by atoms with E-state index in [2.05, 4.69) is 4.98 Å². The molecule has 0 saturated heterocycles. The molecule has 0 N–H and O–H groups in total. The van der Waals surface area contributed by atoms with Gasteiger partial charge in [-0.15, -0.1) is 11.3 Å². The molecular weight excluding hydrogens is 276 g/mol. The lowest BCUT2D eigenvalue weighted by Gasteiger charge is -2.06. The van der Waals surface area contributed by atoms with Crippen LogP contribution in [0.3, 0.4) is 0 Å². The zero-order chi connectivity index (χ0) is 13.5. The van der Waals surface area contributed by atoms with Gasteiger partial charge in [-0.05, 0) is 29.1 Å². The Morgan fingerprint density at radius 1 is 1.25 bits per heavy atom. The summed E-state index contributed by atoms with van der Waals surface area (Å²) in [5.74, 6) is 1.47. The van der Waals surface area contributed by atoms with E-state index in [9.17, 15) is 4.79 Å². The first-order chi connectivity index (χ1) is 9.81. The minimum atomic E-state index is -0.0195. The van der Waals surface area contributed by atoms with Crippen molar-refractivity contribution in [3.63, 3.8) is 0 Å². The van der Waals surface area contributed by atoms with E-state index >= 15 is 0 Å². The SMILES string of the molecule is O=c1c2ccsc2ncn1Cc1ccc2c(c1)OCO2. The molecule has 3 aromatic rings. The van der Waals surface area contributed by atoms with E-state index in [1.165, 1.54) is 11.3 Å². The second-order valence-electron chi connectivity index (χ2n) is 4.50. The summed E-state index contributed by atoms with van der Waals surface area (Å²) in [5.41, 5.74) is 0.960. The van der Waals surface area contributed by atoms with E-state index in [0.29, 0.717) is 11.9 Å². The number of hydrogen-bond acceptors (Lipinski definition) is 5. The van der Waals surface area contributed by atoms with Crippen molar-refractivity contribution in [2.24, 2.45) is 0 Å².